The molecule has 0 aliphatic heterocycles. The first-order chi connectivity index (χ1) is 26.2. The van der Waals surface area contributed by atoms with Gasteiger partial charge in [-0.1, -0.05) is 204 Å². The lowest BCUT2D eigenvalue weighted by Crippen LogP contribution is -2.26. The average molecular weight is 742 g/mol. The third-order valence-corrected chi connectivity index (χ3v) is 12.2. The van der Waals surface area contributed by atoms with Gasteiger partial charge in [0.1, 0.15) is 0 Å². The van der Waals surface area contributed by atoms with E-state index in [2.05, 4.69) is 216 Å². The van der Waals surface area contributed by atoms with Crippen molar-refractivity contribution in [2.45, 2.75) is 17.8 Å². The molecule has 53 heavy (non-hydrogen) atoms. The van der Waals surface area contributed by atoms with Crippen molar-refractivity contribution in [3.63, 3.8) is 0 Å². The van der Waals surface area contributed by atoms with Crippen molar-refractivity contribution in [2.75, 3.05) is 0 Å². The molecule has 2 atom stereocenters. The lowest BCUT2D eigenvalue weighted by Gasteiger charge is -2.31. The van der Waals surface area contributed by atoms with Crippen LogP contribution in [0.2, 0.25) is 0 Å². The summed E-state index contributed by atoms with van der Waals surface area (Å²) in [7, 11) is 0. The van der Waals surface area contributed by atoms with Gasteiger partial charge in [-0.3, -0.25) is 0 Å². The summed E-state index contributed by atoms with van der Waals surface area (Å²) in [6.07, 6.45) is 12.6. The summed E-state index contributed by atoms with van der Waals surface area (Å²) in [6, 6.07) is 63.2. The molecule has 0 bridgehead atoms. The van der Waals surface area contributed by atoms with Crippen LogP contribution in [0.1, 0.15) is 44.9 Å². The molecular weight excluding hydrogens is 704 g/mol. The van der Waals surface area contributed by atoms with E-state index in [1.165, 1.54) is 77.9 Å². The Hall–Kier alpha value is -5.76. The lowest BCUT2D eigenvalue weighted by atomic mass is 9.69. The van der Waals surface area contributed by atoms with E-state index in [0.717, 1.165) is 10.9 Å². The van der Waals surface area contributed by atoms with Crippen LogP contribution in [0.15, 0.2) is 205 Å². The lowest BCUT2D eigenvalue weighted by molar-refractivity contribution is 0.588. The van der Waals surface area contributed by atoms with Crippen molar-refractivity contribution >= 4 is 21.5 Å². The zero-order valence-electron chi connectivity index (χ0n) is 29.3. The number of hydrogen-bond donors (Lipinski definition) is 0. The van der Waals surface area contributed by atoms with Crippen molar-refractivity contribution in [1.82, 2.24) is 0 Å². The molecule has 0 amide bonds. The fourth-order valence-corrected chi connectivity index (χ4v) is 9.53. The summed E-state index contributed by atoms with van der Waals surface area (Å²) in [5, 5.41) is 0. The normalized spacial score (nSPS) is 16.3. The molecular formula is C52H37Br. The van der Waals surface area contributed by atoms with Gasteiger partial charge >= 0.3 is 0 Å². The van der Waals surface area contributed by atoms with Crippen LogP contribution in [0.25, 0.3) is 39.0 Å². The smallest absolute Gasteiger partial charge is 0.0725 e. The Balaban J connectivity index is 1.12. The Morgan fingerprint density at radius 3 is 1.66 bits per heavy atom. The maximum absolute atomic E-state index is 3.59. The topological polar surface area (TPSA) is 0 Å². The molecule has 0 saturated carbocycles. The largest absolute Gasteiger partial charge is 0.0770 e. The van der Waals surface area contributed by atoms with Crippen molar-refractivity contribution in [3.8, 4) is 33.4 Å². The highest BCUT2D eigenvalue weighted by Gasteiger charge is 2.51. The summed E-state index contributed by atoms with van der Waals surface area (Å²) in [5.74, 6) is 0.432. The van der Waals surface area contributed by atoms with Crippen LogP contribution in [0.5, 0.6) is 0 Å². The predicted octanol–water partition coefficient (Wildman–Crippen LogP) is 13.6. The first-order valence-corrected chi connectivity index (χ1v) is 19.4. The molecule has 0 saturated heterocycles. The number of fused-ring (bicyclic) bond motifs is 10. The van der Waals surface area contributed by atoms with E-state index in [1.807, 2.05) is 0 Å². The zero-order valence-corrected chi connectivity index (χ0v) is 30.9. The molecule has 0 aromatic heterocycles. The molecule has 0 nitrogen and oxygen atoms in total. The van der Waals surface area contributed by atoms with Crippen LogP contribution in [0.4, 0.5) is 0 Å². The van der Waals surface area contributed by atoms with E-state index in [-0.39, 0.29) is 17.3 Å². The van der Waals surface area contributed by atoms with Crippen LogP contribution in [0, 0.1) is 5.92 Å². The van der Waals surface area contributed by atoms with Gasteiger partial charge in [0.15, 0.2) is 0 Å². The van der Waals surface area contributed by atoms with Gasteiger partial charge in [-0.15, -0.1) is 0 Å². The molecule has 1 spiro atoms. The van der Waals surface area contributed by atoms with E-state index in [0.29, 0.717) is 0 Å². The monoisotopic (exact) mass is 740 g/mol. The van der Waals surface area contributed by atoms with Crippen LogP contribution in [-0.2, 0) is 11.8 Å². The second kappa shape index (κ2) is 13.0. The maximum Gasteiger partial charge on any atom is 0.0725 e. The fraction of sp³-hybridized carbons (Fsp3) is 0.0769. The number of rotatable bonds is 6. The van der Waals surface area contributed by atoms with Crippen molar-refractivity contribution in [2.24, 2.45) is 5.92 Å². The molecule has 1 heteroatoms. The molecule has 10 rings (SSSR count). The summed E-state index contributed by atoms with van der Waals surface area (Å²) in [5.41, 5.74) is 18.2. The standard InChI is InChI=1S/C52H37Br/c53-42-30-27-39(28-31-42)38-23-21-35(22-24-38)33-47(40-14-10-13-37(25-26-40)36-11-2-1-3-12-36)41-29-32-46-45-17-6-9-20-50(45)52(51(46)34-41)48-18-7-4-15-43(48)44-16-5-8-19-49(44)52/h1-32,34,40,47H,33H2. The quantitative estimate of drug-likeness (QED) is 0.159. The SMILES string of the molecule is Brc1ccc(-c2ccc(CC(c3ccc4c(c3)C3(c5ccccc5-c5ccccc53)c3ccccc3-4)C3C=CC=C(c4ccccc4)C=C3)cc2)cc1. The minimum Gasteiger partial charge on any atom is -0.0770 e. The molecule has 252 valence electrons. The van der Waals surface area contributed by atoms with Gasteiger partial charge in [0.25, 0.3) is 0 Å². The molecule has 3 aliphatic carbocycles. The Bertz CT molecular complexity index is 2520. The third-order valence-electron chi connectivity index (χ3n) is 11.7. The summed E-state index contributed by atoms with van der Waals surface area (Å²) < 4.78 is 1.10. The van der Waals surface area contributed by atoms with Crippen LogP contribution >= 0.6 is 15.9 Å². The number of benzene rings is 7. The van der Waals surface area contributed by atoms with Gasteiger partial charge in [0.05, 0.1) is 5.41 Å². The van der Waals surface area contributed by atoms with Crippen LogP contribution in [-0.4, -0.2) is 0 Å². The molecule has 0 heterocycles. The molecule has 3 aliphatic rings. The van der Waals surface area contributed by atoms with Gasteiger partial charge in [0, 0.05) is 10.4 Å². The summed E-state index contributed by atoms with van der Waals surface area (Å²) in [4.78, 5) is 0. The second-order valence-electron chi connectivity index (χ2n) is 14.5. The molecule has 0 N–H and O–H groups in total. The first kappa shape index (κ1) is 31.9. The highest BCUT2D eigenvalue weighted by atomic mass is 79.9. The number of allylic oxidation sites excluding steroid dienone is 6. The van der Waals surface area contributed by atoms with E-state index >= 15 is 0 Å². The average Bonchev–Trinajstić information content (AvgIpc) is 3.54. The van der Waals surface area contributed by atoms with Gasteiger partial charge in [-0.2, -0.15) is 0 Å². The van der Waals surface area contributed by atoms with Crippen LogP contribution in [0.3, 0.4) is 0 Å². The van der Waals surface area contributed by atoms with Gasteiger partial charge in [-0.05, 0) is 102 Å². The minimum absolute atomic E-state index is 0.208. The highest BCUT2D eigenvalue weighted by Crippen LogP contribution is 2.63. The minimum atomic E-state index is -0.358. The van der Waals surface area contributed by atoms with Crippen molar-refractivity contribution in [1.29, 1.82) is 0 Å². The highest BCUT2D eigenvalue weighted by molar-refractivity contribution is 9.10. The van der Waals surface area contributed by atoms with E-state index in [4.69, 9.17) is 0 Å². The fourth-order valence-electron chi connectivity index (χ4n) is 9.26. The number of hydrogen-bond acceptors (Lipinski definition) is 0. The second-order valence-corrected chi connectivity index (χ2v) is 15.4. The van der Waals surface area contributed by atoms with Crippen LogP contribution < -0.4 is 0 Å². The molecule has 7 aromatic rings. The Kier molecular flexibility index (Phi) is 7.85. The summed E-state index contributed by atoms with van der Waals surface area (Å²) >= 11 is 3.59. The van der Waals surface area contributed by atoms with E-state index in [9.17, 15) is 0 Å². The van der Waals surface area contributed by atoms with Gasteiger partial charge in [-0.25, -0.2) is 0 Å². The Labute approximate surface area is 320 Å². The molecule has 7 aromatic carbocycles. The van der Waals surface area contributed by atoms with Crippen molar-refractivity contribution in [3.05, 3.63) is 244 Å². The predicted molar refractivity (Wildman–Crippen MR) is 225 cm³/mol. The first-order valence-electron chi connectivity index (χ1n) is 18.6. The summed E-state index contributed by atoms with van der Waals surface area (Å²) in [6.45, 7) is 0. The Morgan fingerprint density at radius 2 is 1.04 bits per heavy atom. The molecule has 2 unspecified atom stereocenters. The van der Waals surface area contributed by atoms with Crippen molar-refractivity contribution < 1.29 is 0 Å². The third kappa shape index (κ3) is 5.25. The molecule has 0 radical (unpaired) electrons. The van der Waals surface area contributed by atoms with Gasteiger partial charge < -0.3 is 0 Å². The van der Waals surface area contributed by atoms with Gasteiger partial charge in [0.2, 0.25) is 0 Å². The zero-order chi connectivity index (χ0) is 35.4. The number of halogens is 1. The van der Waals surface area contributed by atoms with E-state index in [1.54, 1.807) is 0 Å². The molecule has 0 fully saturated rings. The maximum atomic E-state index is 3.59. The van der Waals surface area contributed by atoms with E-state index < -0.39 is 0 Å². The Morgan fingerprint density at radius 1 is 0.491 bits per heavy atom.